The zero-order chi connectivity index (χ0) is 27.1. The molecule has 3 atom stereocenters. The molecule has 0 spiro atoms. The van der Waals surface area contributed by atoms with E-state index < -0.39 is 33.6 Å². The molecule has 12 heteroatoms. The predicted molar refractivity (Wildman–Crippen MR) is 134 cm³/mol. The average molecular weight is 552 g/mol. The molecule has 4 rings (SSSR count). The van der Waals surface area contributed by atoms with E-state index in [-0.39, 0.29) is 46.8 Å². The molecule has 0 radical (unpaired) electrons. The number of halogens is 2. The number of carbonyl (C=O) groups excluding carboxylic acids is 1. The van der Waals surface area contributed by atoms with Crippen molar-refractivity contribution in [2.45, 2.75) is 63.3 Å². The van der Waals surface area contributed by atoms with Crippen LogP contribution in [0.25, 0.3) is 0 Å². The van der Waals surface area contributed by atoms with Crippen molar-refractivity contribution in [1.82, 2.24) is 14.9 Å². The SMILES string of the molecule is CC(=O)CC1CCOc2c(S(=O)(=O)N[C@H](c3n[nH]c(=O)o3)[C@H](C)c3c(F)ccc(C)c3C)ccc(Cl)c21. The van der Waals surface area contributed by atoms with Gasteiger partial charge in [-0.25, -0.2) is 22.7 Å². The van der Waals surface area contributed by atoms with Crippen LogP contribution >= 0.6 is 11.6 Å². The van der Waals surface area contributed by atoms with E-state index in [4.69, 9.17) is 20.8 Å². The number of nitrogens with one attached hydrogen (secondary N) is 2. The first-order valence-electron chi connectivity index (χ1n) is 11.7. The zero-order valence-electron chi connectivity index (χ0n) is 20.7. The molecule has 0 bridgehead atoms. The molecule has 0 aliphatic carbocycles. The summed E-state index contributed by atoms with van der Waals surface area (Å²) in [4.78, 5) is 23.4. The van der Waals surface area contributed by atoms with Crippen LogP contribution in [0.15, 0.2) is 38.4 Å². The molecule has 9 nitrogen and oxygen atoms in total. The molecule has 3 aromatic rings. The Morgan fingerprint density at radius 2 is 2.03 bits per heavy atom. The third kappa shape index (κ3) is 5.34. The summed E-state index contributed by atoms with van der Waals surface area (Å²) in [5.41, 5.74) is 2.15. The standard InChI is InChI=1S/C25H27ClFN3O6S/c1-12-5-7-18(27)20(14(12)3)15(4)22(24-28-29-25(32)36-24)30-37(33,34)19-8-6-17(26)21-16(11-13(2)31)9-10-35-23(19)21/h5-8,15-16,22,30H,9-11H2,1-4H3,(H,29,32)/t15-,16?,22+/m1/s1. The molecule has 2 N–H and O–H groups in total. The van der Waals surface area contributed by atoms with Crippen LogP contribution in [0.4, 0.5) is 4.39 Å². The first-order chi connectivity index (χ1) is 17.4. The Hall–Kier alpha value is -3.02. The third-order valence-corrected chi connectivity index (χ3v) is 8.54. The summed E-state index contributed by atoms with van der Waals surface area (Å²) in [5.74, 6) is -2.78. The van der Waals surface area contributed by atoms with Gasteiger partial charge >= 0.3 is 5.76 Å². The molecule has 0 fully saturated rings. The number of aromatic nitrogens is 2. The Morgan fingerprint density at radius 1 is 1.30 bits per heavy atom. The molecule has 1 unspecified atom stereocenters. The van der Waals surface area contributed by atoms with Crippen molar-refractivity contribution in [1.29, 1.82) is 0 Å². The highest BCUT2D eigenvalue weighted by Crippen LogP contribution is 2.45. The third-order valence-electron chi connectivity index (χ3n) is 6.74. The smallest absolute Gasteiger partial charge is 0.434 e. The summed E-state index contributed by atoms with van der Waals surface area (Å²) in [6.45, 7) is 6.82. The van der Waals surface area contributed by atoms with Crippen molar-refractivity contribution >= 4 is 27.4 Å². The number of aromatic amines is 1. The number of H-pyrrole nitrogens is 1. The van der Waals surface area contributed by atoms with E-state index in [9.17, 15) is 22.4 Å². The molecule has 0 saturated heterocycles. The Labute approximate surface area is 218 Å². The van der Waals surface area contributed by atoms with Crippen molar-refractivity contribution in [3.05, 3.63) is 73.8 Å². The van der Waals surface area contributed by atoms with Gasteiger partial charge in [0.1, 0.15) is 28.3 Å². The predicted octanol–water partition coefficient (Wildman–Crippen LogP) is 4.44. The minimum Gasteiger partial charge on any atom is -0.492 e. The molecule has 0 amide bonds. The number of benzene rings is 2. The molecule has 37 heavy (non-hydrogen) atoms. The summed E-state index contributed by atoms with van der Waals surface area (Å²) in [5, 5.41) is 6.25. The molecular weight excluding hydrogens is 525 g/mol. The fraction of sp³-hybridized carbons (Fsp3) is 0.400. The van der Waals surface area contributed by atoms with Gasteiger partial charge in [-0.3, -0.25) is 0 Å². The molecule has 1 aliphatic heterocycles. The second-order valence-electron chi connectivity index (χ2n) is 9.27. The first-order valence-corrected chi connectivity index (χ1v) is 13.5. The van der Waals surface area contributed by atoms with E-state index in [1.54, 1.807) is 19.9 Å². The number of nitrogens with zero attached hydrogens (tertiary/aromatic N) is 1. The van der Waals surface area contributed by atoms with Crippen molar-refractivity contribution in [3.63, 3.8) is 0 Å². The van der Waals surface area contributed by atoms with Crippen molar-refractivity contribution in [2.24, 2.45) is 0 Å². The monoisotopic (exact) mass is 551 g/mol. The number of aryl methyl sites for hydroxylation is 1. The lowest BCUT2D eigenvalue weighted by Gasteiger charge is -2.29. The van der Waals surface area contributed by atoms with E-state index in [0.717, 1.165) is 5.56 Å². The fourth-order valence-electron chi connectivity index (χ4n) is 4.80. The van der Waals surface area contributed by atoms with Crippen LogP contribution in [0.3, 0.4) is 0 Å². The molecular formula is C25H27ClFN3O6S. The van der Waals surface area contributed by atoms with E-state index in [1.165, 1.54) is 25.1 Å². The van der Waals surface area contributed by atoms with Gasteiger partial charge in [-0.1, -0.05) is 24.6 Å². The highest BCUT2D eigenvalue weighted by Gasteiger charge is 2.37. The Balaban J connectivity index is 1.81. The molecule has 2 aromatic carbocycles. The number of sulfonamides is 1. The maximum Gasteiger partial charge on any atom is 0.434 e. The van der Waals surface area contributed by atoms with Crippen LogP contribution in [0.5, 0.6) is 5.75 Å². The van der Waals surface area contributed by atoms with Gasteiger partial charge in [-0.2, -0.15) is 4.72 Å². The lowest BCUT2D eigenvalue weighted by atomic mass is 9.88. The van der Waals surface area contributed by atoms with Gasteiger partial charge in [-0.05, 0) is 68.0 Å². The summed E-state index contributed by atoms with van der Waals surface area (Å²) in [6.07, 6.45) is 0.699. The number of hydrogen-bond acceptors (Lipinski definition) is 7. The van der Waals surface area contributed by atoms with Crippen LogP contribution in [0, 0.1) is 19.7 Å². The summed E-state index contributed by atoms with van der Waals surface area (Å²) >= 11 is 6.41. The average Bonchev–Trinajstić information content (AvgIpc) is 3.25. The number of Topliss-reactive ketones (excluding diaryl/α,β-unsaturated/α-hetero) is 1. The van der Waals surface area contributed by atoms with Crippen molar-refractivity contribution < 1.29 is 26.8 Å². The van der Waals surface area contributed by atoms with Crippen LogP contribution in [0.1, 0.15) is 72.7 Å². The quantitative estimate of drug-likeness (QED) is 0.423. The number of fused-ring (bicyclic) bond motifs is 1. The van der Waals surface area contributed by atoms with Crippen LogP contribution in [-0.2, 0) is 14.8 Å². The summed E-state index contributed by atoms with van der Waals surface area (Å²) in [7, 11) is -4.35. The minimum absolute atomic E-state index is 0.0571. The maximum atomic E-state index is 15.0. The van der Waals surface area contributed by atoms with Crippen LogP contribution in [-0.4, -0.2) is 31.0 Å². The number of carbonyl (C=O) groups is 1. The highest BCUT2D eigenvalue weighted by molar-refractivity contribution is 7.89. The van der Waals surface area contributed by atoms with Gasteiger partial charge in [0.2, 0.25) is 15.9 Å². The van der Waals surface area contributed by atoms with E-state index in [0.29, 0.717) is 22.6 Å². The fourth-order valence-corrected chi connectivity index (χ4v) is 6.53. The maximum absolute atomic E-state index is 15.0. The highest BCUT2D eigenvalue weighted by atomic mass is 35.5. The van der Waals surface area contributed by atoms with E-state index in [1.807, 2.05) is 6.92 Å². The largest absolute Gasteiger partial charge is 0.492 e. The topological polar surface area (TPSA) is 131 Å². The van der Waals surface area contributed by atoms with Gasteiger partial charge in [0.15, 0.2) is 0 Å². The van der Waals surface area contributed by atoms with Gasteiger partial charge in [0, 0.05) is 22.9 Å². The first kappa shape index (κ1) is 27.0. The van der Waals surface area contributed by atoms with Crippen LogP contribution in [0.2, 0.25) is 5.02 Å². The van der Waals surface area contributed by atoms with Gasteiger partial charge in [-0.15, -0.1) is 5.10 Å². The lowest BCUT2D eigenvalue weighted by Crippen LogP contribution is -2.33. The number of rotatable bonds is 8. The zero-order valence-corrected chi connectivity index (χ0v) is 22.3. The second-order valence-corrected chi connectivity index (χ2v) is 11.4. The Bertz CT molecular complexity index is 1520. The minimum atomic E-state index is -4.35. The van der Waals surface area contributed by atoms with E-state index >= 15 is 0 Å². The molecule has 1 aliphatic rings. The van der Waals surface area contributed by atoms with Gasteiger partial charge in [0.05, 0.1) is 6.61 Å². The number of ketones is 1. The number of ether oxygens (including phenoxy) is 1. The second kappa shape index (κ2) is 10.4. The van der Waals surface area contributed by atoms with Crippen molar-refractivity contribution in [3.8, 4) is 5.75 Å². The van der Waals surface area contributed by atoms with Crippen LogP contribution < -0.4 is 15.2 Å². The normalized spacial score (nSPS) is 17.1. The van der Waals surface area contributed by atoms with Gasteiger partial charge < -0.3 is 13.9 Å². The molecule has 1 aromatic heterocycles. The van der Waals surface area contributed by atoms with E-state index in [2.05, 4.69) is 14.9 Å². The summed E-state index contributed by atoms with van der Waals surface area (Å²) in [6, 6.07) is 4.43. The summed E-state index contributed by atoms with van der Waals surface area (Å²) < 4.78 is 55.9. The van der Waals surface area contributed by atoms with Gasteiger partial charge in [0.25, 0.3) is 0 Å². The molecule has 2 heterocycles. The molecule has 198 valence electrons. The Morgan fingerprint density at radius 3 is 2.68 bits per heavy atom. The van der Waals surface area contributed by atoms with Crippen molar-refractivity contribution in [2.75, 3.05) is 6.61 Å². The Kier molecular flexibility index (Phi) is 7.59. The lowest BCUT2D eigenvalue weighted by molar-refractivity contribution is -0.117. The number of hydrogen-bond donors (Lipinski definition) is 2. The molecule has 0 saturated carbocycles.